The van der Waals surface area contributed by atoms with Gasteiger partial charge in [0.2, 0.25) is 5.95 Å². The van der Waals surface area contributed by atoms with E-state index in [4.69, 9.17) is 10.7 Å². The third-order valence-corrected chi connectivity index (χ3v) is 3.58. The summed E-state index contributed by atoms with van der Waals surface area (Å²) in [6.07, 6.45) is 3.50. The fourth-order valence-electron chi connectivity index (χ4n) is 2.51. The first-order valence-electron chi connectivity index (χ1n) is 7.21. The monoisotopic (exact) mass is 299 g/mol. The Morgan fingerprint density at radius 1 is 0.696 bits per heavy atom. The third kappa shape index (κ3) is 2.48. The topological polar surface area (TPSA) is 77.6 Å². The maximum absolute atomic E-state index is 5.85. The van der Waals surface area contributed by atoms with Crippen LogP contribution in [0.15, 0.2) is 67.0 Å². The number of benzene rings is 1. The molecule has 0 saturated carbocycles. The number of rotatable bonds is 2. The lowest BCUT2D eigenvalue weighted by atomic mass is 10.1. The summed E-state index contributed by atoms with van der Waals surface area (Å²) in [7, 11) is 0. The largest absolute Gasteiger partial charge is 0.368 e. The molecule has 0 unspecified atom stereocenters. The average Bonchev–Trinajstić information content (AvgIpc) is 2.62. The standard InChI is InChI=1S/C18H13N5/c19-18-22-15-7-6-14(12-8-10-20-11-9-12)21-17(15)16(23-18)13-4-2-1-3-5-13/h1-11H,(H2,19,22,23). The van der Waals surface area contributed by atoms with Crippen molar-refractivity contribution in [1.82, 2.24) is 19.9 Å². The number of anilines is 1. The first kappa shape index (κ1) is 13.3. The zero-order valence-electron chi connectivity index (χ0n) is 12.2. The number of hydrogen-bond donors (Lipinski definition) is 1. The molecule has 0 fully saturated rings. The van der Waals surface area contributed by atoms with Crippen molar-refractivity contribution in [3.63, 3.8) is 0 Å². The summed E-state index contributed by atoms with van der Waals surface area (Å²) >= 11 is 0. The van der Waals surface area contributed by atoms with Crippen LogP contribution < -0.4 is 5.73 Å². The van der Waals surface area contributed by atoms with Gasteiger partial charge in [0, 0.05) is 23.5 Å². The summed E-state index contributed by atoms with van der Waals surface area (Å²) in [5.74, 6) is 0.245. The van der Waals surface area contributed by atoms with Gasteiger partial charge in [-0.25, -0.2) is 15.0 Å². The highest BCUT2D eigenvalue weighted by atomic mass is 15.0. The van der Waals surface area contributed by atoms with Crippen LogP contribution >= 0.6 is 0 Å². The number of pyridine rings is 2. The first-order valence-corrected chi connectivity index (χ1v) is 7.21. The van der Waals surface area contributed by atoms with Crippen LogP contribution in [0.3, 0.4) is 0 Å². The Hall–Kier alpha value is -3.34. The Morgan fingerprint density at radius 3 is 2.26 bits per heavy atom. The molecule has 0 aliphatic heterocycles. The molecule has 0 saturated heterocycles. The smallest absolute Gasteiger partial charge is 0.221 e. The maximum Gasteiger partial charge on any atom is 0.221 e. The molecule has 3 heterocycles. The predicted molar refractivity (Wildman–Crippen MR) is 90.4 cm³/mol. The van der Waals surface area contributed by atoms with Gasteiger partial charge in [0.05, 0.1) is 11.2 Å². The van der Waals surface area contributed by atoms with Gasteiger partial charge >= 0.3 is 0 Å². The van der Waals surface area contributed by atoms with Gasteiger partial charge in [-0.2, -0.15) is 0 Å². The molecular weight excluding hydrogens is 286 g/mol. The number of nitrogens with zero attached hydrogens (tertiary/aromatic N) is 4. The van der Waals surface area contributed by atoms with Crippen LogP contribution in [-0.2, 0) is 0 Å². The molecule has 5 nitrogen and oxygen atoms in total. The molecule has 3 aromatic heterocycles. The predicted octanol–water partition coefficient (Wildman–Crippen LogP) is 3.34. The van der Waals surface area contributed by atoms with E-state index in [1.807, 2.05) is 54.6 Å². The molecule has 0 amide bonds. The second-order valence-electron chi connectivity index (χ2n) is 5.10. The van der Waals surface area contributed by atoms with Gasteiger partial charge in [-0.15, -0.1) is 0 Å². The van der Waals surface area contributed by atoms with Crippen LogP contribution in [-0.4, -0.2) is 19.9 Å². The molecule has 4 aromatic rings. The minimum atomic E-state index is 0.245. The molecule has 0 aliphatic rings. The van der Waals surface area contributed by atoms with E-state index in [0.717, 1.165) is 33.5 Å². The van der Waals surface area contributed by atoms with E-state index in [2.05, 4.69) is 15.0 Å². The third-order valence-electron chi connectivity index (χ3n) is 3.58. The molecule has 23 heavy (non-hydrogen) atoms. The van der Waals surface area contributed by atoms with Gasteiger partial charge in [-0.1, -0.05) is 30.3 Å². The molecule has 0 bridgehead atoms. The molecule has 5 heteroatoms. The molecular formula is C18H13N5. The number of aromatic nitrogens is 4. The van der Waals surface area contributed by atoms with Crippen molar-refractivity contribution in [1.29, 1.82) is 0 Å². The van der Waals surface area contributed by atoms with Gasteiger partial charge in [0.1, 0.15) is 11.2 Å². The summed E-state index contributed by atoms with van der Waals surface area (Å²) in [5, 5.41) is 0. The van der Waals surface area contributed by atoms with Crippen LogP contribution in [0, 0.1) is 0 Å². The van der Waals surface area contributed by atoms with Crippen LogP contribution in [0.1, 0.15) is 0 Å². The summed E-state index contributed by atoms with van der Waals surface area (Å²) < 4.78 is 0. The second-order valence-corrected chi connectivity index (χ2v) is 5.10. The molecule has 4 rings (SSSR count). The van der Waals surface area contributed by atoms with Crippen molar-refractivity contribution in [2.24, 2.45) is 0 Å². The molecule has 110 valence electrons. The van der Waals surface area contributed by atoms with Crippen LogP contribution in [0.5, 0.6) is 0 Å². The lowest BCUT2D eigenvalue weighted by Gasteiger charge is -2.08. The number of nitrogens with two attached hydrogens (primary N) is 1. The van der Waals surface area contributed by atoms with E-state index >= 15 is 0 Å². The van der Waals surface area contributed by atoms with E-state index in [0.29, 0.717) is 0 Å². The summed E-state index contributed by atoms with van der Waals surface area (Å²) in [4.78, 5) is 17.5. The molecule has 0 atom stereocenters. The Bertz CT molecular complexity index is 968. The van der Waals surface area contributed by atoms with E-state index in [9.17, 15) is 0 Å². The van der Waals surface area contributed by atoms with Crippen molar-refractivity contribution in [2.75, 3.05) is 5.73 Å². The van der Waals surface area contributed by atoms with Crippen molar-refractivity contribution in [3.05, 3.63) is 67.0 Å². The van der Waals surface area contributed by atoms with Crippen LogP contribution in [0.2, 0.25) is 0 Å². The highest BCUT2D eigenvalue weighted by Crippen LogP contribution is 2.27. The summed E-state index contributed by atoms with van der Waals surface area (Å²) in [5.41, 5.74) is 10.9. The van der Waals surface area contributed by atoms with E-state index in [-0.39, 0.29) is 5.95 Å². The molecule has 2 N–H and O–H groups in total. The van der Waals surface area contributed by atoms with Gasteiger partial charge in [-0.05, 0) is 24.3 Å². The lowest BCUT2D eigenvalue weighted by molar-refractivity contribution is 1.21. The number of hydrogen-bond acceptors (Lipinski definition) is 5. The zero-order chi connectivity index (χ0) is 15.6. The minimum Gasteiger partial charge on any atom is -0.368 e. The van der Waals surface area contributed by atoms with Crippen molar-refractivity contribution in [2.45, 2.75) is 0 Å². The molecule has 1 aromatic carbocycles. The average molecular weight is 299 g/mol. The minimum absolute atomic E-state index is 0.245. The Balaban J connectivity index is 1.98. The van der Waals surface area contributed by atoms with Gasteiger partial charge in [-0.3, -0.25) is 4.98 Å². The normalized spacial score (nSPS) is 10.8. The summed E-state index contributed by atoms with van der Waals surface area (Å²) in [6, 6.07) is 17.6. The van der Waals surface area contributed by atoms with Gasteiger partial charge in [0.25, 0.3) is 0 Å². The van der Waals surface area contributed by atoms with E-state index < -0.39 is 0 Å². The fraction of sp³-hybridized carbons (Fsp3) is 0. The highest BCUT2D eigenvalue weighted by molar-refractivity contribution is 5.91. The Morgan fingerprint density at radius 2 is 1.48 bits per heavy atom. The number of fused-ring (bicyclic) bond motifs is 1. The Labute approximate surface area is 132 Å². The summed E-state index contributed by atoms with van der Waals surface area (Å²) in [6.45, 7) is 0. The quantitative estimate of drug-likeness (QED) is 0.614. The highest BCUT2D eigenvalue weighted by Gasteiger charge is 2.11. The zero-order valence-corrected chi connectivity index (χ0v) is 12.2. The maximum atomic E-state index is 5.85. The van der Waals surface area contributed by atoms with Gasteiger partial charge < -0.3 is 5.73 Å². The Kier molecular flexibility index (Phi) is 3.16. The fourth-order valence-corrected chi connectivity index (χ4v) is 2.51. The first-order chi connectivity index (χ1) is 11.3. The van der Waals surface area contributed by atoms with Crippen molar-refractivity contribution >= 4 is 17.0 Å². The van der Waals surface area contributed by atoms with Crippen LogP contribution in [0.25, 0.3) is 33.5 Å². The van der Waals surface area contributed by atoms with E-state index in [1.165, 1.54) is 0 Å². The van der Waals surface area contributed by atoms with E-state index in [1.54, 1.807) is 12.4 Å². The lowest BCUT2D eigenvalue weighted by Crippen LogP contribution is -2.00. The molecule has 0 aliphatic carbocycles. The molecule has 0 spiro atoms. The van der Waals surface area contributed by atoms with Crippen LogP contribution in [0.4, 0.5) is 5.95 Å². The second kappa shape index (κ2) is 5.46. The SMILES string of the molecule is Nc1nc(-c2ccccc2)c2nc(-c3ccncc3)ccc2n1. The van der Waals surface area contributed by atoms with Gasteiger partial charge in [0.15, 0.2) is 0 Å². The van der Waals surface area contributed by atoms with Crippen molar-refractivity contribution in [3.8, 4) is 22.5 Å². The number of nitrogen functional groups attached to an aromatic ring is 1. The van der Waals surface area contributed by atoms with Crippen molar-refractivity contribution < 1.29 is 0 Å². The molecule has 0 radical (unpaired) electrons.